The molecule has 1 amide bonds. The zero-order chi connectivity index (χ0) is 18.5. The van der Waals surface area contributed by atoms with Crippen LogP contribution in [0.15, 0.2) is 30.4 Å². The Balaban J connectivity index is 1.82. The minimum absolute atomic E-state index is 0.0643. The van der Waals surface area contributed by atoms with Crippen LogP contribution in [0, 0.1) is 11.8 Å². The molecule has 26 heavy (non-hydrogen) atoms. The summed E-state index contributed by atoms with van der Waals surface area (Å²) in [6, 6.07) is 4.70. The molecule has 0 radical (unpaired) electrons. The van der Waals surface area contributed by atoms with E-state index in [1.54, 1.807) is 18.2 Å². The number of fused-ring (bicyclic) bond motifs is 2. The number of carbonyl (C=O) groups excluding carboxylic acids is 2. The second-order valence-corrected chi connectivity index (χ2v) is 7.15. The molecule has 136 valence electrons. The molecular weight excluding hydrogens is 340 g/mol. The fourth-order valence-electron chi connectivity index (χ4n) is 3.57. The smallest absolute Gasteiger partial charge is 0.284 e. The molecule has 1 aliphatic carbocycles. The molecule has 2 aliphatic rings. The highest BCUT2D eigenvalue weighted by atomic mass is 19.3. The Morgan fingerprint density at radius 2 is 2.19 bits per heavy atom. The number of rotatable bonds is 1. The minimum Gasteiger partial charge on any atom is -0.348 e. The Bertz CT molecular complexity index is 919. The molecule has 3 heterocycles. The van der Waals surface area contributed by atoms with Crippen LogP contribution in [0.25, 0.3) is 11.0 Å². The summed E-state index contributed by atoms with van der Waals surface area (Å²) in [7, 11) is 0. The number of hydrogen-bond donors (Lipinski definition) is 1. The van der Waals surface area contributed by atoms with Crippen molar-refractivity contribution in [2.75, 3.05) is 0 Å². The van der Waals surface area contributed by atoms with Gasteiger partial charge in [-0.1, -0.05) is 6.08 Å². The molecule has 4 rings (SSSR count). The van der Waals surface area contributed by atoms with Gasteiger partial charge in [0.15, 0.2) is 6.29 Å². The van der Waals surface area contributed by atoms with Gasteiger partial charge in [0.05, 0.1) is 24.0 Å². The van der Waals surface area contributed by atoms with E-state index in [0.717, 1.165) is 12.5 Å². The summed E-state index contributed by atoms with van der Waals surface area (Å²) >= 11 is 0. The molecule has 3 atom stereocenters. The Morgan fingerprint density at radius 1 is 1.38 bits per heavy atom. The summed E-state index contributed by atoms with van der Waals surface area (Å²) in [5.74, 6) is -3.18. The predicted molar refractivity (Wildman–Crippen MR) is 92.0 cm³/mol. The van der Waals surface area contributed by atoms with E-state index in [2.05, 4.69) is 10.3 Å². The molecule has 1 N–H and O–H groups in total. The van der Waals surface area contributed by atoms with Crippen molar-refractivity contribution in [1.29, 1.82) is 0 Å². The van der Waals surface area contributed by atoms with Crippen LogP contribution in [0.3, 0.4) is 0 Å². The highest BCUT2D eigenvalue weighted by Crippen LogP contribution is 2.42. The van der Waals surface area contributed by atoms with Gasteiger partial charge in [0.25, 0.3) is 5.92 Å². The summed E-state index contributed by atoms with van der Waals surface area (Å²) in [6.07, 6.45) is 4.05. The molecule has 2 aromatic heterocycles. The lowest BCUT2D eigenvalue weighted by Crippen LogP contribution is -2.29. The largest absolute Gasteiger partial charge is 0.348 e. The van der Waals surface area contributed by atoms with Crippen molar-refractivity contribution >= 4 is 23.2 Å². The first-order valence-corrected chi connectivity index (χ1v) is 8.69. The first-order valence-electron chi connectivity index (χ1n) is 8.69. The molecule has 1 aliphatic heterocycles. The summed E-state index contributed by atoms with van der Waals surface area (Å²) in [5, 5.41) is 3.57. The maximum atomic E-state index is 14.4. The fourth-order valence-corrected chi connectivity index (χ4v) is 3.57. The maximum absolute atomic E-state index is 14.4. The van der Waals surface area contributed by atoms with Gasteiger partial charge in [0, 0.05) is 11.3 Å². The number of carbonyl (C=O) groups is 2. The van der Waals surface area contributed by atoms with Gasteiger partial charge in [-0.05, 0) is 50.0 Å². The standard InChI is InChI=1S/C19H19F2N3O2/c1-11-16-5-4-13-7-14(9-25)24(17(13)23-16)10-19(20,21)6-2-3-12-8-15(12)18(26)22-11/h2,4-7,9,11-12,15H,3,8,10H2,1H3,(H,22,26)/b6-2-/t11-,12-,15-/m1/s1. The minimum atomic E-state index is -3.11. The van der Waals surface area contributed by atoms with Crippen molar-refractivity contribution in [1.82, 2.24) is 14.9 Å². The topological polar surface area (TPSA) is 64.0 Å². The predicted octanol–water partition coefficient (Wildman–Crippen LogP) is 3.26. The second kappa shape index (κ2) is 6.00. The molecular formula is C19H19F2N3O2. The Hall–Kier alpha value is -2.57. The van der Waals surface area contributed by atoms with Crippen LogP contribution in [0.5, 0.6) is 0 Å². The van der Waals surface area contributed by atoms with Gasteiger partial charge in [-0.2, -0.15) is 8.78 Å². The number of amides is 1. The number of halogens is 2. The number of pyridine rings is 1. The Labute approximate surface area is 149 Å². The van der Waals surface area contributed by atoms with E-state index in [0.29, 0.717) is 29.4 Å². The van der Waals surface area contributed by atoms with E-state index < -0.39 is 12.5 Å². The van der Waals surface area contributed by atoms with Gasteiger partial charge in [-0.25, -0.2) is 4.98 Å². The molecule has 0 unspecified atom stereocenters. The first kappa shape index (κ1) is 16.9. The number of allylic oxidation sites excluding steroid dienone is 2. The maximum Gasteiger partial charge on any atom is 0.284 e. The fraction of sp³-hybridized carbons (Fsp3) is 0.421. The third-order valence-corrected chi connectivity index (χ3v) is 5.15. The Kier molecular flexibility index (Phi) is 3.89. The third kappa shape index (κ3) is 3.02. The molecule has 0 aromatic carbocycles. The number of aromatic nitrogens is 2. The molecule has 0 spiro atoms. The van der Waals surface area contributed by atoms with Gasteiger partial charge >= 0.3 is 0 Å². The molecule has 1 fully saturated rings. The van der Waals surface area contributed by atoms with Crippen LogP contribution in [0.1, 0.15) is 42.0 Å². The van der Waals surface area contributed by atoms with Gasteiger partial charge < -0.3 is 9.88 Å². The van der Waals surface area contributed by atoms with Crippen molar-refractivity contribution in [2.45, 2.75) is 38.3 Å². The van der Waals surface area contributed by atoms with Crippen molar-refractivity contribution in [3.63, 3.8) is 0 Å². The van der Waals surface area contributed by atoms with Gasteiger partial charge in [0.1, 0.15) is 5.65 Å². The second-order valence-electron chi connectivity index (χ2n) is 7.15. The number of aldehydes is 1. The lowest BCUT2D eigenvalue weighted by atomic mass is 10.1. The lowest BCUT2D eigenvalue weighted by Gasteiger charge is -2.17. The SMILES string of the molecule is C[C@H]1NC(=O)[C@@H]2C[C@H]2C/C=C\C(F)(F)Cn2c(C=O)cc3ccc1nc32. The molecule has 5 nitrogen and oxygen atoms in total. The van der Waals surface area contributed by atoms with Crippen molar-refractivity contribution in [2.24, 2.45) is 11.8 Å². The van der Waals surface area contributed by atoms with Crippen molar-refractivity contribution in [3.05, 3.63) is 41.7 Å². The average molecular weight is 359 g/mol. The van der Waals surface area contributed by atoms with Crippen LogP contribution >= 0.6 is 0 Å². The molecule has 1 saturated carbocycles. The molecule has 0 saturated heterocycles. The Morgan fingerprint density at radius 3 is 2.96 bits per heavy atom. The number of alkyl halides is 2. The molecule has 2 aromatic rings. The van der Waals surface area contributed by atoms with Crippen LogP contribution in [0.2, 0.25) is 0 Å². The van der Waals surface area contributed by atoms with Crippen LogP contribution in [0.4, 0.5) is 8.78 Å². The van der Waals surface area contributed by atoms with E-state index in [-0.39, 0.29) is 29.5 Å². The van der Waals surface area contributed by atoms with E-state index in [4.69, 9.17) is 0 Å². The molecule has 7 heteroatoms. The number of nitrogens with one attached hydrogen (secondary N) is 1. The lowest BCUT2D eigenvalue weighted by molar-refractivity contribution is -0.123. The van der Waals surface area contributed by atoms with E-state index in [1.807, 2.05) is 6.92 Å². The molecule has 2 bridgehead atoms. The zero-order valence-corrected chi connectivity index (χ0v) is 14.3. The average Bonchev–Trinajstić information content (AvgIpc) is 3.29. The van der Waals surface area contributed by atoms with E-state index in [1.165, 1.54) is 10.6 Å². The van der Waals surface area contributed by atoms with Crippen molar-refractivity contribution < 1.29 is 18.4 Å². The summed E-state index contributed by atoms with van der Waals surface area (Å²) in [6.45, 7) is 1.17. The van der Waals surface area contributed by atoms with Crippen LogP contribution in [-0.2, 0) is 11.3 Å². The summed E-state index contributed by atoms with van der Waals surface area (Å²) in [4.78, 5) is 28.1. The number of nitrogens with zero attached hydrogens (tertiary/aromatic N) is 2. The zero-order valence-electron chi connectivity index (χ0n) is 14.3. The van der Waals surface area contributed by atoms with Gasteiger partial charge in [-0.3, -0.25) is 9.59 Å². The quantitative estimate of drug-likeness (QED) is 0.628. The van der Waals surface area contributed by atoms with Gasteiger partial charge in [0.2, 0.25) is 5.91 Å². The third-order valence-electron chi connectivity index (χ3n) is 5.15. The first-order chi connectivity index (χ1) is 12.4. The highest BCUT2D eigenvalue weighted by Gasteiger charge is 2.42. The number of hydrogen-bond acceptors (Lipinski definition) is 3. The van der Waals surface area contributed by atoms with Crippen LogP contribution in [-0.4, -0.2) is 27.7 Å². The van der Waals surface area contributed by atoms with E-state index in [9.17, 15) is 18.4 Å². The van der Waals surface area contributed by atoms with Crippen molar-refractivity contribution in [3.8, 4) is 0 Å². The van der Waals surface area contributed by atoms with Gasteiger partial charge in [-0.15, -0.1) is 0 Å². The summed E-state index contributed by atoms with van der Waals surface area (Å²) < 4.78 is 30.1. The normalized spacial score (nSPS) is 28.9. The van der Waals surface area contributed by atoms with Crippen LogP contribution < -0.4 is 5.32 Å². The summed E-state index contributed by atoms with van der Waals surface area (Å²) in [5.41, 5.74) is 1.06. The van der Waals surface area contributed by atoms with E-state index >= 15 is 0 Å². The highest BCUT2D eigenvalue weighted by molar-refractivity contribution is 5.87. The monoisotopic (exact) mass is 359 g/mol.